The Labute approximate surface area is 163 Å². The van der Waals surface area contributed by atoms with Crippen molar-refractivity contribution >= 4 is 11.7 Å². The van der Waals surface area contributed by atoms with E-state index in [0.717, 1.165) is 17.5 Å². The fourth-order valence-corrected chi connectivity index (χ4v) is 3.18. The molecule has 2 aromatic carbocycles. The number of hydrogen-bond acceptors (Lipinski definition) is 4. The Morgan fingerprint density at radius 2 is 1.86 bits per heavy atom. The minimum absolute atomic E-state index is 0.0833. The van der Waals surface area contributed by atoms with Crippen LogP contribution in [0.1, 0.15) is 41.0 Å². The van der Waals surface area contributed by atoms with E-state index in [2.05, 4.69) is 51.6 Å². The zero-order valence-corrected chi connectivity index (χ0v) is 15.8. The van der Waals surface area contributed by atoms with Gasteiger partial charge in [0.25, 0.3) is 11.7 Å². The predicted octanol–water partition coefficient (Wildman–Crippen LogP) is 3.98. The second-order valence-corrected chi connectivity index (χ2v) is 6.71. The van der Waals surface area contributed by atoms with Gasteiger partial charge in [0.2, 0.25) is 0 Å². The summed E-state index contributed by atoms with van der Waals surface area (Å²) >= 11 is 0. The van der Waals surface area contributed by atoms with Crippen LogP contribution in [0.4, 0.5) is 0 Å². The Morgan fingerprint density at radius 1 is 1.11 bits per heavy atom. The Kier molecular flexibility index (Phi) is 4.85. The molecule has 140 valence electrons. The lowest BCUT2D eigenvalue weighted by molar-refractivity contribution is 0.0928. The molecule has 4 aromatic rings. The summed E-state index contributed by atoms with van der Waals surface area (Å²) in [6, 6.07) is 19.6. The minimum Gasteiger partial charge on any atom is -0.344 e. The van der Waals surface area contributed by atoms with Gasteiger partial charge in [0.05, 0.1) is 11.7 Å². The molecular weight excluding hydrogens is 350 g/mol. The topological polar surface area (TPSA) is 72.2 Å². The van der Waals surface area contributed by atoms with Gasteiger partial charge >= 0.3 is 0 Å². The molecule has 6 nitrogen and oxygen atoms in total. The smallest absolute Gasteiger partial charge is 0.270 e. The third-order valence-electron chi connectivity index (χ3n) is 4.75. The number of carbonyl (C=O) groups is 1. The van der Waals surface area contributed by atoms with Gasteiger partial charge in [0.1, 0.15) is 12.0 Å². The van der Waals surface area contributed by atoms with Gasteiger partial charge in [-0.2, -0.15) is 14.6 Å². The van der Waals surface area contributed by atoms with Crippen molar-refractivity contribution in [1.29, 1.82) is 0 Å². The van der Waals surface area contributed by atoms with Gasteiger partial charge in [-0.15, -0.1) is 0 Å². The lowest BCUT2D eigenvalue weighted by atomic mass is 10.0. The summed E-state index contributed by atoms with van der Waals surface area (Å²) in [4.78, 5) is 21.8. The summed E-state index contributed by atoms with van der Waals surface area (Å²) in [5.41, 5.74) is 4.29. The van der Waals surface area contributed by atoms with Crippen LogP contribution in [0, 0.1) is 6.92 Å². The molecule has 0 aliphatic heterocycles. The molecular formula is C22H21N5O. The van der Waals surface area contributed by atoms with Crippen molar-refractivity contribution in [3.05, 3.63) is 83.8 Å². The van der Waals surface area contributed by atoms with Crippen LogP contribution < -0.4 is 5.32 Å². The van der Waals surface area contributed by atoms with E-state index in [0.29, 0.717) is 17.2 Å². The number of rotatable bonds is 5. The number of nitrogens with zero attached hydrogens (tertiary/aromatic N) is 4. The normalized spacial score (nSPS) is 12.1. The molecule has 4 rings (SSSR count). The van der Waals surface area contributed by atoms with Crippen molar-refractivity contribution in [3.63, 3.8) is 0 Å². The van der Waals surface area contributed by atoms with E-state index in [9.17, 15) is 4.79 Å². The van der Waals surface area contributed by atoms with Gasteiger partial charge in [-0.25, -0.2) is 4.98 Å². The highest BCUT2D eigenvalue weighted by molar-refractivity contribution is 5.94. The number of carbonyl (C=O) groups excluding carboxylic acids is 1. The fraction of sp³-hybridized carbons (Fsp3) is 0.182. The Hall–Kier alpha value is -3.54. The van der Waals surface area contributed by atoms with E-state index < -0.39 is 0 Å². The van der Waals surface area contributed by atoms with Crippen molar-refractivity contribution in [2.24, 2.45) is 0 Å². The maximum atomic E-state index is 13.1. The maximum absolute atomic E-state index is 13.1. The van der Waals surface area contributed by atoms with Crippen molar-refractivity contribution < 1.29 is 4.79 Å². The molecule has 0 saturated carbocycles. The highest BCUT2D eigenvalue weighted by atomic mass is 16.2. The van der Waals surface area contributed by atoms with E-state index in [1.165, 1.54) is 16.4 Å². The monoisotopic (exact) mass is 371 g/mol. The molecule has 0 aliphatic rings. The fourth-order valence-electron chi connectivity index (χ4n) is 3.18. The first-order valence-corrected chi connectivity index (χ1v) is 9.29. The molecule has 2 aromatic heterocycles. The molecule has 0 spiro atoms. The van der Waals surface area contributed by atoms with E-state index in [1.54, 1.807) is 6.07 Å². The van der Waals surface area contributed by atoms with Gasteiger partial charge in [-0.3, -0.25) is 4.79 Å². The highest BCUT2D eigenvalue weighted by Gasteiger charge is 2.19. The Bertz CT molecular complexity index is 1100. The average molecular weight is 371 g/mol. The van der Waals surface area contributed by atoms with Crippen LogP contribution in [0.5, 0.6) is 0 Å². The van der Waals surface area contributed by atoms with Crippen molar-refractivity contribution in [1.82, 2.24) is 24.9 Å². The van der Waals surface area contributed by atoms with Gasteiger partial charge in [-0.1, -0.05) is 67.1 Å². The molecule has 28 heavy (non-hydrogen) atoms. The SMILES string of the molecule is CCC(NC(=O)c1cc(-c2ccccc2)nc2ncnn12)c1ccc(C)cc1. The molecule has 1 amide bonds. The number of nitrogens with one attached hydrogen (secondary N) is 1. The lowest BCUT2D eigenvalue weighted by Crippen LogP contribution is -2.30. The number of benzene rings is 2. The average Bonchev–Trinajstić information content (AvgIpc) is 3.21. The number of aryl methyl sites for hydroxylation is 1. The predicted molar refractivity (Wildman–Crippen MR) is 108 cm³/mol. The van der Waals surface area contributed by atoms with Gasteiger partial charge in [0, 0.05) is 5.56 Å². The maximum Gasteiger partial charge on any atom is 0.270 e. The quantitative estimate of drug-likeness (QED) is 0.576. The van der Waals surface area contributed by atoms with Crippen molar-refractivity contribution in [2.45, 2.75) is 26.3 Å². The molecule has 0 aliphatic carbocycles. The lowest BCUT2D eigenvalue weighted by Gasteiger charge is -2.18. The number of hydrogen-bond donors (Lipinski definition) is 1. The second-order valence-electron chi connectivity index (χ2n) is 6.71. The summed E-state index contributed by atoms with van der Waals surface area (Å²) in [5.74, 6) is 0.192. The molecule has 0 bridgehead atoms. The minimum atomic E-state index is -0.206. The van der Waals surface area contributed by atoms with Crippen molar-refractivity contribution in [3.8, 4) is 11.3 Å². The molecule has 1 N–H and O–H groups in total. The number of fused-ring (bicyclic) bond motifs is 1. The first kappa shape index (κ1) is 17.9. The van der Waals surface area contributed by atoms with Gasteiger partial charge in [0.15, 0.2) is 0 Å². The van der Waals surface area contributed by atoms with E-state index in [-0.39, 0.29) is 11.9 Å². The molecule has 0 radical (unpaired) electrons. The van der Waals surface area contributed by atoms with Crippen molar-refractivity contribution in [2.75, 3.05) is 0 Å². The summed E-state index contributed by atoms with van der Waals surface area (Å²) in [5, 5.41) is 7.30. The molecule has 6 heteroatoms. The van der Waals surface area contributed by atoms with E-state index >= 15 is 0 Å². The zero-order chi connectivity index (χ0) is 19.5. The molecule has 1 unspecified atom stereocenters. The Morgan fingerprint density at radius 3 is 2.57 bits per heavy atom. The molecule has 0 fully saturated rings. The van der Waals surface area contributed by atoms with E-state index in [1.807, 2.05) is 37.3 Å². The summed E-state index contributed by atoms with van der Waals surface area (Å²) in [7, 11) is 0. The summed E-state index contributed by atoms with van der Waals surface area (Å²) in [6.07, 6.45) is 2.19. The summed E-state index contributed by atoms with van der Waals surface area (Å²) in [6.45, 7) is 4.10. The van der Waals surface area contributed by atoms with Crippen LogP contribution in [-0.2, 0) is 0 Å². The highest BCUT2D eigenvalue weighted by Crippen LogP contribution is 2.21. The van der Waals surface area contributed by atoms with Crippen LogP contribution in [-0.4, -0.2) is 25.5 Å². The van der Waals surface area contributed by atoms with Gasteiger partial charge < -0.3 is 5.32 Å². The van der Waals surface area contributed by atoms with Crippen LogP contribution >= 0.6 is 0 Å². The Balaban J connectivity index is 1.70. The molecule has 2 heterocycles. The first-order chi connectivity index (χ1) is 13.7. The van der Waals surface area contributed by atoms with Gasteiger partial charge in [-0.05, 0) is 25.0 Å². The number of aromatic nitrogens is 4. The number of amides is 1. The summed E-state index contributed by atoms with van der Waals surface area (Å²) < 4.78 is 1.48. The standard InChI is InChI=1S/C22H21N5O/c1-3-18(17-11-9-15(2)10-12-17)25-21(28)20-13-19(16-7-5-4-6-8-16)26-22-23-14-24-27(20)22/h4-14,18H,3H2,1-2H3,(H,25,28). The first-order valence-electron chi connectivity index (χ1n) is 9.29. The second kappa shape index (κ2) is 7.60. The van der Waals surface area contributed by atoms with Crippen LogP contribution in [0.2, 0.25) is 0 Å². The molecule has 0 saturated heterocycles. The van der Waals surface area contributed by atoms with Crippen LogP contribution in [0.3, 0.4) is 0 Å². The molecule has 1 atom stereocenters. The largest absolute Gasteiger partial charge is 0.344 e. The third kappa shape index (κ3) is 3.49. The third-order valence-corrected chi connectivity index (χ3v) is 4.75. The van der Waals surface area contributed by atoms with Crippen LogP contribution in [0.15, 0.2) is 67.0 Å². The van der Waals surface area contributed by atoms with Crippen LogP contribution in [0.25, 0.3) is 17.0 Å². The zero-order valence-electron chi connectivity index (χ0n) is 15.8. The van der Waals surface area contributed by atoms with E-state index in [4.69, 9.17) is 0 Å².